The van der Waals surface area contributed by atoms with Crippen molar-refractivity contribution in [3.05, 3.63) is 59.8 Å². The molecule has 5 heteroatoms. The van der Waals surface area contributed by atoms with Gasteiger partial charge in [0.15, 0.2) is 11.5 Å². The minimum Gasteiger partial charge on any atom is -0.454 e. The topological polar surface area (TPSA) is 52.5 Å². The number of ether oxygens (including phenoxy) is 2. The van der Waals surface area contributed by atoms with Gasteiger partial charge in [-0.25, -0.2) is 0 Å². The SMILES string of the molecule is CCn1cc([C@@H](CC(=O)NC(C)C)c2ccc3c(c2)OCO3)c2ccccc21. The number of nitrogens with one attached hydrogen (secondary N) is 1. The fraction of sp³-hybridized carbons (Fsp3) is 0.348. The van der Waals surface area contributed by atoms with E-state index in [0.29, 0.717) is 6.42 Å². The molecule has 5 nitrogen and oxygen atoms in total. The van der Waals surface area contributed by atoms with E-state index in [1.54, 1.807) is 0 Å². The second-order valence-electron chi connectivity index (χ2n) is 7.48. The molecule has 0 fully saturated rings. The molecule has 1 N–H and O–H groups in total. The van der Waals surface area contributed by atoms with E-state index < -0.39 is 0 Å². The molecule has 0 saturated heterocycles. The molecule has 1 amide bonds. The highest BCUT2D eigenvalue weighted by molar-refractivity contribution is 5.86. The minimum atomic E-state index is -0.0639. The van der Waals surface area contributed by atoms with Gasteiger partial charge in [-0.05, 0) is 50.1 Å². The van der Waals surface area contributed by atoms with E-state index in [1.165, 1.54) is 10.9 Å². The van der Waals surface area contributed by atoms with Crippen molar-refractivity contribution >= 4 is 16.8 Å². The number of nitrogens with zero attached hydrogens (tertiary/aromatic N) is 1. The van der Waals surface area contributed by atoms with Crippen LogP contribution in [-0.4, -0.2) is 23.3 Å². The summed E-state index contributed by atoms with van der Waals surface area (Å²) in [5.41, 5.74) is 3.41. The van der Waals surface area contributed by atoms with E-state index in [0.717, 1.165) is 29.2 Å². The van der Waals surface area contributed by atoms with E-state index in [-0.39, 0.29) is 24.7 Å². The Bertz CT molecular complexity index is 1010. The predicted molar refractivity (Wildman–Crippen MR) is 110 cm³/mol. The average molecular weight is 378 g/mol. The first-order valence-electron chi connectivity index (χ1n) is 9.83. The van der Waals surface area contributed by atoms with Gasteiger partial charge in [-0.1, -0.05) is 24.3 Å². The lowest BCUT2D eigenvalue weighted by molar-refractivity contribution is -0.121. The molecule has 4 rings (SSSR count). The molecule has 2 aromatic carbocycles. The number of amides is 1. The van der Waals surface area contributed by atoms with E-state index in [4.69, 9.17) is 9.47 Å². The highest BCUT2D eigenvalue weighted by atomic mass is 16.7. The maximum Gasteiger partial charge on any atom is 0.231 e. The standard InChI is InChI=1S/C23H26N2O3/c1-4-25-13-19(17-7-5-6-8-20(17)25)18(12-23(26)24-15(2)3)16-9-10-21-22(11-16)28-14-27-21/h5-11,13,15,18H,4,12,14H2,1-3H3,(H,24,26)/t18-/m0/s1. The molecule has 1 atom stereocenters. The second kappa shape index (κ2) is 7.58. The highest BCUT2D eigenvalue weighted by Gasteiger charge is 2.25. The van der Waals surface area contributed by atoms with Crippen LogP contribution in [0.25, 0.3) is 10.9 Å². The summed E-state index contributed by atoms with van der Waals surface area (Å²) < 4.78 is 13.3. The zero-order valence-corrected chi connectivity index (χ0v) is 16.6. The lowest BCUT2D eigenvalue weighted by atomic mass is 9.87. The number of benzene rings is 2. The Kier molecular flexibility index (Phi) is 4.99. The smallest absolute Gasteiger partial charge is 0.231 e. The van der Waals surface area contributed by atoms with Crippen LogP contribution in [0.5, 0.6) is 11.5 Å². The van der Waals surface area contributed by atoms with Crippen molar-refractivity contribution in [3.63, 3.8) is 0 Å². The molecular weight excluding hydrogens is 352 g/mol. The second-order valence-corrected chi connectivity index (χ2v) is 7.48. The summed E-state index contributed by atoms with van der Waals surface area (Å²) in [5, 5.41) is 4.22. The predicted octanol–water partition coefficient (Wildman–Crippen LogP) is 4.44. The van der Waals surface area contributed by atoms with Crippen molar-refractivity contribution in [1.29, 1.82) is 0 Å². The van der Waals surface area contributed by atoms with Gasteiger partial charge in [0, 0.05) is 42.0 Å². The van der Waals surface area contributed by atoms with Crippen LogP contribution >= 0.6 is 0 Å². The first-order valence-corrected chi connectivity index (χ1v) is 9.83. The zero-order chi connectivity index (χ0) is 19.7. The van der Waals surface area contributed by atoms with Gasteiger partial charge < -0.3 is 19.4 Å². The third-order valence-electron chi connectivity index (χ3n) is 5.17. The summed E-state index contributed by atoms with van der Waals surface area (Å²) in [6.07, 6.45) is 2.57. The lowest BCUT2D eigenvalue weighted by Crippen LogP contribution is -2.31. The van der Waals surface area contributed by atoms with Crippen molar-refractivity contribution in [1.82, 2.24) is 9.88 Å². The Morgan fingerprint density at radius 3 is 2.71 bits per heavy atom. The number of carbonyl (C=O) groups is 1. The van der Waals surface area contributed by atoms with Crippen molar-refractivity contribution in [2.45, 2.75) is 45.7 Å². The number of aryl methyl sites for hydroxylation is 1. The fourth-order valence-corrected chi connectivity index (χ4v) is 3.92. The molecule has 146 valence electrons. The van der Waals surface area contributed by atoms with Crippen molar-refractivity contribution in [2.75, 3.05) is 6.79 Å². The van der Waals surface area contributed by atoms with Crippen LogP contribution in [-0.2, 0) is 11.3 Å². The molecule has 0 radical (unpaired) electrons. The molecular formula is C23H26N2O3. The van der Waals surface area contributed by atoms with Crippen LogP contribution in [0.3, 0.4) is 0 Å². The Labute approximate surface area is 165 Å². The summed E-state index contributed by atoms with van der Waals surface area (Å²) >= 11 is 0. The Hall–Kier alpha value is -2.95. The third kappa shape index (κ3) is 3.44. The number of fused-ring (bicyclic) bond motifs is 2. The molecule has 0 aliphatic carbocycles. The van der Waals surface area contributed by atoms with Crippen LogP contribution in [0.15, 0.2) is 48.7 Å². The zero-order valence-electron chi connectivity index (χ0n) is 16.6. The molecule has 1 aliphatic heterocycles. The molecule has 0 saturated carbocycles. The molecule has 0 spiro atoms. The number of rotatable bonds is 6. The third-order valence-corrected chi connectivity index (χ3v) is 5.17. The molecule has 2 heterocycles. The maximum atomic E-state index is 12.7. The Balaban J connectivity index is 1.80. The summed E-state index contributed by atoms with van der Waals surface area (Å²) in [4.78, 5) is 12.7. The van der Waals surface area contributed by atoms with Crippen LogP contribution in [0.4, 0.5) is 0 Å². The largest absolute Gasteiger partial charge is 0.454 e. The van der Waals surface area contributed by atoms with Crippen molar-refractivity contribution in [3.8, 4) is 11.5 Å². The van der Waals surface area contributed by atoms with E-state index in [1.807, 2.05) is 32.0 Å². The normalized spacial score (nSPS) is 13.9. The number of hydrogen-bond donors (Lipinski definition) is 1. The van der Waals surface area contributed by atoms with Gasteiger partial charge in [0.2, 0.25) is 12.7 Å². The Morgan fingerprint density at radius 1 is 1.14 bits per heavy atom. The van der Waals surface area contributed by atoms with Gasteiger partial charge >= 0.3 is 0 Å². The van der Waals surface area contributed by atoms with Crippen molar-refractivity contribution < 1.29 is 14.3 Å². The van der Waals surface area contributed by atoms with Crippen LogP contribution < -0.4 is 14.8 Å². The van der Waals surface area contributed by atoms with E-state index in [9.17, 15) is 4.79 Å². The monoisotopic (exact) mass is 378 g/mol. The summed E-state index contributed by atoms with van der Waals surface area (Å²) in [5.74, 6) is 1.48. The number of para-hydroxylation sites is 1. The van der Waals surface area contributed by atoms with Crippen LogP contribution in [0, 0.1) is 0 Å². The molecule has 1 aliphatic rings. The van der Waals surface area contributed by atoms with E-state index in [2.05, 4.69) is 47.3 Å². The molecule has 1 aromatic heterocycles. The van der Waals surface area contributed by atoms with Crippen LogP contribution in [0.2, 0.25) is 0 Å². The number of carbonyl (C=O) groups excluding carboxylic acids is 1. The number of hydrogen-bond acceptors (Lipinski definition) is 3. The average Bonchev–Trinajstić information content (AvgIpc) is 3.29. The minimum absolute atomic E-state index is 0.0472. The van der Waals surface area contributed by atoms with Gasteiger partial charge in [0.1, 0.15) is 0 Å². The summed E-state index contributed by atoms with van der Waals surface area (Å²) in [6, 6.07) is 14.5. The molecule has 0 bridgehead atoms. The fourth-order valence-electron chi connectivity index (χ4n) is 3.92. The van der Waals surface area contributed by atoms with E-state index >= 15 is 0 Å². The van der Waals surface area contributed by atoms with Gasteiger partial charge in [-0.2, -0.15) is 0 Å². The Morgan fingerprint density at radius 2 is 1.93 bits per heavy atom. The molecule has 28 heavy (non-hydrogen) atoms. The lowest BCUT2D eigenvalue weighted by Gasteiger charge is -2.18. The molecule has 0 unspecified atom stereocenters. The van der Waals surface area contributed by atoms with Gasteiger partial charge in [0.05, 0.1) is 0 Å². The van der Waals surface area contributed by atoms with Gasteiger partial charge in [0.25, 0.3) is 0 Å². The van der Waals surface area contributed by atoms with Crippen LogP contribution in [0.1, 0.15) is 44.2 Å². The maximum absolute atomic E-state index is 12.7. The van der Waals surface area contributed by atoms with Crippen molar-refractivity contribution in [2.24, 2.45) is 0 Å². The van der Waals surface area contributed by atoms with Gasteiger partial charge in [-0.15, -0.1) is 0 Å². The summed E-state index contributed by atoms with van der Waals surface area (Å²) in [6.45, 7) is 7.23. The first-order chi connectivity index (χ1) is 13.6. The number of aromatic nitrogens is 1. The highest BCUT2D eigenvalue weighted by Crippen LogP contribution is 2.40. The van der Waals surface area contributed by atoms with Gasteiger partial charge in [-0.3, -0.25) is 4.79 Å². The quantitative estimate of drug-likeness (QED) is 0.690. The molecule has 3 aromatic rings. The first kappa shape index (κ1) is 18.4. The summed E-state index contributed by atoms with van der Waals surface area (Å²) in [7, 11) is 0.